The van der Waals surface area contributed by atoms with Gasteiger partial charge in [0.2, 0.25) is 11.8 Å². The first-order chi connectivity index (χ1) is 22.2. The largest absolute Gasteiger partial charge is 0.497 e. The lowest BCUT2D eigenvalue weighted by molar-refractivity contribution is -0.140. The standard InChI is InChI=1S/C37H41N3O5S/c1-28-17-19-30(20-18-28)26-39(35(25-29-11-5-3-6-12-29)37(42)38-31-13-9-10-14-31)36(41)27-40(32-21-23-33(45-2)24-22-32)46(43,44)34-15-7-4-8-16-34/h3-8,11-12,15-24,31,35H,9-10,13-14,25-27H2,1-2H3,(H,38,42). The second-order valence-corrected chi connectivity index (χ2v) is 13.6. The van der Waals surface area contributed by atoms with Crippen LogP contribution in [0.2, 0.25) is 0 Å². The number of anilines is 1. The zero-order chi connectivity index (χ0) is 32.5. The summed E-state index contributed by atoms with van der Waals surface area (Å²) in [6.45, 7) is 1.62. The molecule has 46 heavy (non-hydrogen) atoms. The van der Waals surface area contributed by atoms with Gasteiger partial charge >= 0.3 is 0 Å². The first kappa shape index (κ1) is 32.8. The molecule has 5 rings (SSSR count). The molecule has 9 heteroatoms. The van der Waals surface area contributed by atoms with Gasteiger partial charge in [-0.25, -0.2) is 8.42 Å². The molecule has 0 radical (unpaired) electrons. The number of methoxy groups -OCH3 is 1. The number of hydrogen-bond donors (Lipinski definition) is 1. The van der Waals surface area contributed by atoms with Crippen LogP contribution in [0, 0.1) is 6.92 Å². The van der Waals surface area contributed by atoms with Gasteiger partial charge in [0, 0.05) is 19.0 Å². The van der Waals surface area contributed by atoms with Crippen molar-refractivity contribution < 1.29 is 22.7 Å². The first-order valence-electron chi connectivity index (χ1n) is 15.7. The highest BCUT2D eigenvalue weighted by molar-refractivity contribution is 7.92. The number of hydrogen-bond acceptors (Lipinski definition) is 5. The summed E-state index contributed by atoms with van der Waals surface area (Å²) in [4.78, 5) is 30.3. The summed E-state index contributed by atoms with van der Waals surface area (Å²) in [5, 5.41) is 3.20. The molecule has 4 aromatic carbocycles. The van der Waals surface area contributed by atoms with Gasteiger partial charge in [-0.05, 0) is 67.3 Å². The lowest BCUT2D eigenvalue weighted by Gasteiger charge is -2.34. The summed E-state index contributed by atoms with van der Waals surface area (Å²) in [6.07, 6.45) is 4.18. The van der Waals surface area contributed by atoms with E-state index in [0.29, 0.717) is 11.4 Å². The van der Waals surface area contributed by atoms with Gasteiger partial charge in [0.15, 0.2) is 0 Å². The van der Waals surface area contributed by atoms with Gasteiger partial charge in [-0.1, -0.05) is 91.2 Å². The van der Waals surface area contributed by atoms with Crippen LogP contribution in [0.3, 0.4) is 0 Å². The molecule has 0 aromatic heterocycles. The summed E-state index contributed by atoms with van der Waals surface area (Å²) in [7, 11) is -2.63. The SMILES string of the molecule is COc1ccc(N(CC(=O)N(Cc2ccc(C)cc2)C(Cc2ccccc2)C(=O)NC2CCCC2)S(=O)(=O)c2ccccc2)cc1. The number of amides is 2. The summed E-state index contributed by atoms with van der Waals surface area (Å²) in [6, 6.07) is 31.2. The Labute approximate surface area is 272 Å². The number of aryl methyl sites for hydroxylation is 1. The molecule has 0 bridgehead atoms. The van der Waals surface area contributed by atoms with Crippen molar-refractivity contribution in [1.29, 1.82) is 0 Å². The quantitative estimate of drug-likeness (QED) is 0.197. The third kappa shape index (κ3) is 8.14. The molecule has 1 saturated carbocycles. The van der Waals surface area contributed by atoms with E-state index in [2.05, 4.69) is 5.32 Å². The summed E-state index contributed by atoms with van der Waals surface area (Å²) < 4.78 is 34.6. The monoisotopic (exact) mass is 639 g/mol. The average Bonchev–Trinajstić information content (AvgIpc) is 3.60. The maximum Gasteiger partial charge on any atom is 0.264 e. The van der Waals surface area contributed by atoms with Crippen molar-refractivity contribution >= 4 is 27.5 Å². The zero-order valence-corrected chi connectivity index (χ0v) is 27.2. The highest BCUT2D eigenvalue weighted by atomic mass is 32.2. The fourth-order valence-electron chi connectivity index (χ4n) is 5.81. The molecular formula is C37H41N3O5S. The van der Waals surface area contributed by atoms with Gasteiger partial charge in [0.1, 0.15) is 18.3 Å². The van der Waals surface area contributed by atoms with Crippen molar-refractivity contribution in [3.8, 4) is 5.75 Å². The summed E-state index contributed by atoms with van der Waals surface area (Å²) in [5.74, 6) is -0.170. The molecule has 240 valence electrons. The minimum absolute atomic E-state index is 0.0522. The van der Waals surface area contributed by atoms with Crippen molar-refractivity contribution in [2.24, 2.45) is 0 Å². The Morgan fingerprint density at radius 2 is 1.43 bits per heavy atom. The van der Waals surface area contributed by atoms with E-state index < -0.39 is 28.5 Å². The molecule has 1 aliphatic carbocycles. The van der Waals surface area contributed by atoms with E-state index in [0.717, 1.165) is 46.7 Å². The fourth-order valence-corrected chi connectivity index (χ4v) is 7.24. The molecule has 0 spiro atoms. The number of benzene rings is 4. The second-order valence-electron chi connectivity index (χ2n) is 11.7. The van der Waals surface area contributed by atoms with Crippen LogP contribution in [0.25, 0.3) is 0 Å². The van der Waals surface area contributed by atoms with Crippen molar-refractivity contribution in [2.75, 3.05) is 18.0 Å². The van der Waals surface area contributed by atoms with E-state index in [1.165, 1.54) is 19.2 Å². The third-order valence-corrected chi connectivity index (χ3v) is 10.2. The molecule has 1 atom stereocenters. The number of carbonyl (C=O) groups is 2. The van der Waals surface area contributed by atoms with Crippen LogP contribution in [0.1, 0.15) is 42.4 Å². The Hall–Kier alpha value is -4.63. The number of ether oxygens (including phenoxy) is 1. The van der Waals surface area contributed by atoms with E-state index in [1.54, 1.807) is 47.4 Å². The first-order valence-corrected chi connectivity index (χ1v) is 17.1. The van der Waals surface area contributed by atoms with Crippen LogP contribution >= 0.6 is 0 Å². The van der Waals surface area contributed by atoms with Gasteiger partial charge in [0.05, 0.1) is 17.7 Å². The maximum atomic E-state index is 14.6. The molecule has 0 heterocycles. The van der Waals surface area contributed by atoms with Crippen molar-refractivity contribution in [3.63, 3.8) is 0 Å². The lowest BCUT2D eigenvalue weighted by atomic mass is 10.0. The Morgan fingerprint density at radius 1 is 0.826 bits per heavy atom. The molecule has 0 aliphatic heterocycles. The third-order valence-electron chi connectivity index (χ3n) is 8.42. The topological polar surface area (TPSA) is 96.0 Å². The van der Waals surface area contributed by atoms with Crippen LogP contribution in [0.5, 0.6) is 5.75 Å². The lowest BCUT2D eigenvalue weighted by Crippen LogP contribution is -2.54. The number of nitrogens with zero attached hydrogens (tertiary/aromatic N) is 2. The van der Waals surface area contributed by atoms with E-state index in [-0.39, 0.29) is 29.8 Å². The minimum Gasteiger partial charge on any atom is -0.497 e. The average molecular weight is 640 g/mol. The molecule has 1 fully saturated rings. The predicted octanol–water partition coefficient (Wildman–Crippen LogP) is 5.90. The Bertz CT molecular complexity index is 1690. The summed E-state index contributed by atoms with van der Waals surface area (Å²) >= 11 is 0. The van der Waals surface area contributed by atoms with E-state index in [9.17, 15) is 18.0 Å². The number of rotatable bonds is 13. The zero-order valence-electron chi connectivity index (χ0n) is 26.3. The predicted molar refractivity (Wildman–Crippen MR) is 180 cm³/mol. The van der Waals surface area contributed by atoms with Crippen molar-refractivity contribution in [3.05, 3.63) is 126 Å². The van der Waals surface area contributed by atoms with Gasteiger partial charge in [-0.2, -0.15) is 0 Å². The molecule has 0 saturated heterocycles. The van der Waals surface area contributed by atoms with Gasteiger partial charge < -0.3 is 15.0 Å². The Morgan fingerprint density at radius 3 is 2.04 bits per heavy atom. The number of sulfonamides is 1. The van der Waals surface area contributed by atoms with Crippen LogP contribution < -0.4 is 14.4 Å². The normalized spacial score (nSPS) is 14.0. The maximum absolute atomic E-state index is 14.6. The van der Waals surface area contributed by atoms with Crippen LogP contribution in [-0.2, 0) is 32.6 Å². The number of carbonyl (C=O) groups excluding carboxylic acids is 2. The fraction of sp³-hybridized carbons (Fsp3) is 0.297. The minimum atomic E-state index is -4.16. The summed E-state index contributed by atoms with van der Waals surface area (Å²) in [5.41, 5.74) is 3.12. The molecule has 4 aromatic rings. The smallest absolute Gasteiger partial charge is 0.264 e. The molecule has 8 nitrogen and oxygen atoms in total. The van der Waals surface area contributed by atoms with Crippen LogP contribution in [-0.4, -0.2) is 50.9 Å². The number of nitrogens with one attached hydrogen (secondary N) is 1. The molecule has 1 aliphatic rings. The van der Waals surface area contributed by atoms with Crippen LogP contribution in [0.15, 0.2) is 114 Å². The van der Waals surface area contributed by atoms with E-state index in [1.807, 2.05) is 61.5 Å². The molecule has 2 amide bonds. The highest BCUT2D eigenvalue weighted by Gasteiger charge is 2.35. The van der Waals surface area contributed by atoms with Crippen molar-refractivity contribution in [2.45, 2.75) is 62.6 Å². The van der Waals surface area contributed by atoms with Crippen molar-refractivity contribution in [1.82, 2.24) is 10.2 Å². The Balaban J connectivity index is 1.55. The second kappa shape index (κ2) is 15.1. The van der Waals surface area contributed by atoms with Gasteiger partial charge in [-0.3, -0.25) is 13.9 Å². The highest BCUT2D eigenvalue weighted by Crippen LogP contribution is 2.27. The van der Waals surface area contributed by atoms with E-state index in [4.69, 9.17) is 4.74 Å². The molecular weight excluding hydrogens is 598 g/mol. The van der Waals surface area contributed by atoms with Gasteiger partial charge in [0.25, 0.3) is 10.0 Å². The van der Waals surface area contributed by atoms with Gasteiger partial charge in [-0.15, -0.1) is 0 Å². The van der Waals surface area contributed by atoms with Crippen LogP contribution in [0.4, 0.5) is 5.69 Å². The molecule has 1 N–H and O–H groups in total. The Kier molecular flexibility index (Phi) is 10.8. The molecule has 1 unspecified atom stereocenters. The van der Waals surface area contributed by atoms with E-state index >= 15 is 0 Å².